The molecule has 2 heterocycles. The summed E-state index contributed by atoms with van der Waals surface area (Å²) in [6, 6.07) is 8.24. The van der Waals surface area contributed by atoms with E-state index in [0.717, 1.165) is 27.6 Å². The largest absolute Gasteiger partial charge is 0.505 e. The van der Waals surface area contributed by atoms with E-state index in [1.165, 1.54) is 18.3 Å². The zero-order valence-electron chi connectivity index (χ0n) is 14.8. The van der Waals surface area contributed by atoms with Gasteiger partial charge in [0, 0.05) is 31.6 Å². The zero-order chi connectivity index (χ0) is 19.1. The molecular formula is C21H18FN3O2. The molecule has 27 heavy (non-hydrogen) atoms. The smallest absolute Gasteiger partial charge is 0.258 e. The summed E-state index contributed by atoms with van der Waals surface area (Å²) in [5.41, 5.74) is 4.14. The highest BCUT2D eigenvalue weighted by atomic mass is 19.1. The summed E-state index contributed by atoms with van der Waals surface area (Å²) < 4.78 is 13.1. The van der Waals surface area contributed by atoms with Crippen molar-refractivity contribution >= 4 is 23.0 Å². The number of aromatic nitrogens is 1. The standard InChI is InChI=1S/C21H18FN3O2/c1-25-11-17-15(6-7-23)16-9-13(8-12-2-4-14(22)5-3-12)10-24-19(16)20(26)18(17)21(25)27/h2-5,7,9-10,23,26H,6,8,11H2,1H3. The van der Waals surface area contributed by atoms with Crippen molar-refractivity contribution in [2.45, 2.75) is 19.4 Å². The molecule has 1 aliphatic heterocycles. The number of hydrogen-bond donors (Lipinski definition) is 2. The maximum absolute atomic E-state index is 13.1. The molecule has 2 aromatic carbocycles. The molecule has 0 radical (unpaired) electrons. The van der Waals surface area contributed by atoms with Crippen molar-refractivity contribution in [2.75, 3.05) is 7.05 Å². The molecule has 0 saturated heterocycles. The number of rotatable bonds is 4. The summed E-state index contributed by atoms with van der Waals surface area (Å²) in [7, 11) is 1.69. The number of phenols is 1. The molecular weight excluding hydrogens is 345 g/mol. The summed E-state index contributed by atoms with van der Waals surface area (Å²) in [4.78, 5) is 18.4. The summed E-state index contributed by atoms with van der Waals surface area (Å²) in [6.07, 6.45) is 3.89. The molecule has 6 heteroatoms. The van der Waals surface area contributed by atoms with Gasteiger partial charge in [-0.15, -0.1) is 0 Å². The number of nitrogens with one attached hydrogen (secondary N) is 1. The predicted molar refractivity (Wildman–Crippen MR) is 101 cm³/mol. The molecule has 1 aliphatic rings. The first kappa shape index (κ1) is 17.1. The molecule has 0 unspecified atom stereocenters. The monoisotopic (exact) mass is 363 g/mol. The molecule has 0 spiro atoms. The summed E-state index contributed by atoms with van der Waals surface area (Å²) in [5, 5.41) is 18.9. The van der Waals surface area contributed by atoms with Gasteiger partial charge < -0.3 is 15.4 Å². The van der Waals surface area contributed by atoms with Gasteiger partial charge in [-0.1, -0.05) is 12.1 Å². The first-order valence-electron chi connectivity index (χ1n) is 8.63. The number of pyridine rings is 1. The molecule has 5 nitrogen and oxygen atoms in total. The molecule has 2 N–H and O–H groups in total. The average Bonchev–Trinajstić information content (AvgIpc) is 2.95. The SMILES string of the molecule is CN1Cc2c(c(O)c3ncc(Cc4ccc(F)cc4)cc3c2CC=N)C1=O. The third-order valence-corrected chi connectivity index (χ3v) is 4.98. The lowest BCUT2D eigenvalue weighted by Gasteiger charge is -2.13. The van der Waals surface area contributed by atoms with Crippen molar-refractivity contribution in [1.29, 1.82) is 5.41 Å². The highest BCUT2D eigenvalue weighted by Gasteiger charge is 2.32. The number of hydrogen-bond acceptors (Lipinski definition) is 4. The number of carbonyl (C=O) groups is 1. The Kier molecular flexibility index (Phi) is 4.11. The van der Waals surface area contributed by atoms with Gasteiger partial charge in [0.2, 0.25) is 0 Å². The predicted octanol–water partition coefficient (Wildman–Crippen LogP) is 3.45. The minimum Gasteiger partial charge on any atom is -0.505 e. The third kappa shape index (κ3) is 2.83. The van der Waals surface area contributed by atoms with E-state index in [0.29, 0.717) is 30.5 Å². The van der Waals surface area contributed by atoms with Gasteiger partial charge in [0.25, 0.3) is 5.91 Å². The van der Waals surface area contributed by atoms with Crippen molar-refractivity contribution in [3.63, 3.8) is 0 Å². The van der Waals surface area contributed by atoms with E-state index < -0.39 is 0 Å². The minimum absolute atomic E-state index is 0.101. The Hall–Kier alpha value is -3.28. The molecule has 3 aromatic rings. The molecule has 0 fully saturated rings. The molecule has 4 rings (SSSR count). The molecule has 0 bridgehead atoms. The van der Waals surface area contributed by atoms with Gasteiger partial charge in [0.15, 0.2) is 5.75 Å². The molecule has 1 aromatic heterocycles. The van der Waals surface area contributed by atoms with Crippen LogP contribution in [-0.4, -0.2) is 34.2 Å². The van der Waals surface area contributed by atoms with Crippen LogP contribution in [0.15, 0.2) is 36.5 Å². The van der Waals surface area contributed by atoms with Crippen LogP contribution < -0.4 is 0 Å². The minimum atomic E-state index is -0.280. The van der Waals surface area contributed by atoms with Gasteiger partial charge in [0.05, 0.1) is 5.56 Å². The van der Waals surface area contributed by atoms with Crippen LogP contribution in [0.1, 0.15) is 32.6 Å². The first-order valence-corrected chi connectivity index (χ1v) is 8.63. The summed E-state index contributed by atoms with van der Waals surface area (Å²) >= 11 is 0. The normalized spacial score (nSPS) is 13.3. The Morgan fingerprint density at radius 1 is 1.30 bits per heavy atom. The van der Waals surface area contributed by atoms with Crippen LogP contribution >= 0.6 is 0 Å². The van der Waals surface area contributed by atoms with Gasteiger partial charge in [-0.05, 0) is 53.1 Å². The van der Waals surface area contributed by atoms with E-state index in [-0.39, 0.29) is 17.5 Å². The highest BCUT2D eigenvalue weighted by molar-refractivity contribution is 6.07. The topological polar surface area (TPSA) is 77.3 Å². The van der Waals surface area contributed by atoms with Crippen molar-refractivity contribution < 1.29 is 14.3 Å². The van der Waals surface area contributed by atoms with Gasteiger partial charge >= 0.3 is 0 Å². The van der Waals surface area contributed by atoms with Crippen molar-refractivity contribution in [2.24, 2.45) is 0 Å². The van der Waals surface area contributed by atoms with E-state index in [1.54, 1.807) is 30.3 Å². The van der Waals surface area contributed by atoms with Crippen molar-refractivity contribution in [3.8, 4) is 5.75 Å². The quantitative estimate of drug-likeness (QED) is 0.697. The van der Waals surface area contributed by atoms with E-state index in [4.69, 9.17) is 5.41 Å². The van der Waals surface area contributed by atoms with Crippen LogP contribution in [0, 0.1) is 11.2 Å². The fraction of sp³-hybridized carbons (Fsp3) is 0.190. The van der Waals surface area contributed by atoms with E-state index in [1.807, 2.05) is 6.07 Å². The van der Waals surface area contributed by atoms with E-state index in [9.17, 15) is 14.3 Å². The van der Waals surface area contributed by atoms with Gasteiger partial charge in [-0.3, -0.25) is 9.78 Å². The molecule has 0 saturated carbocycles. The van der Waals surface area contributed by atoms with Crippen molar-refractivity contribution in [1.82, 2.24) is 9.88 Å². The highest BCUT2D eigenvalue weighted by Crippen LogP contribution is 2.39. The number of halogens is 1. The van der Waals surface area contributed by atoms with E-state index >= 15 is 0 Å². The number of phenolic OH excluding ortho intramolecular Hbond substituents is 1. The van der Waals surface area contributed by atoms with Gasteiger partial charge in [-0.2, -0.15) is 0 Å². The number of nitrogens with zero attached hydrogens (tertiary/aromatic N) is 2. The Morgan fingerprint density at radius 3 is 2.74 bits per heavy atom. The first-order chi connectivity index (χ1) is 13.0. The summed E-state index contributed by atoms with van der Waals surface area (Å²) in [5.74, 6) is -0.609. The number of carbonyl (C=O) groups excluding carboxylic acids is 1. The number of aromatic hydroxyl groups is 1. The number of amides is 1. The van der Waals surface area contributed by atoms with Crippen LogP contribution in [0.3, 0.4) is 0 Å². The third-order valence-electron chi connectivity index (χ3n) is 4.98. The second-order valence-electron chi connectivity index (χ2n) is 6.79. The molecule has 1 amide bonds. The Morgan fingerprint density at radius 2 is 2.04 bits per heavy atom. The fourth-order valence-electron chi connectivity index (χ4n) is 3.68. The van der Waals surface area contributed by atoms with Crippen LogP contribution in [0.25, 0.3) is 10.9 Å². The molecule has 136 valence electrons. The Balaban J connectivity index is 1.87. The Bertz CT molecular complexity index is 1080. The van der Waals surface area contributed by atoms with E-state index in [2.05, 4.69) is 4.98 Å². The van der Waals surface area contributed by atoms with Crippen LogP contribution in [0.5, 0.6) is 5.75 Å². The van der Waals surface area contributed by atoms with Crippen molar-refractivity contribution in [3.05, 3.63) is 70.2 Å². The molecule has 0 aliphatic carbocycles. The van der Waals surface area contributed by atoms with Crippen LogP contribution in [0.2, 0.25) is 0 Å². The van der Waals surface area contributed by atoms with Gasteiger partial charge in [0.1, 0.15) is 11.3 Å². The van der Waals surface area contributed by atoms with Gasteiger partial charge in [-0.25, -0.2) is 4.39 Å². The summed E-state index contributed by atoms with van der Waals surface area (Å²) in [6.45, 7) is 0.406. The second-order valence-corrected chi connectivity index (χ2v) is 6.79. The molecule has 0 atom stereocenters. The average molecular weight is 363 g/mol. The lowest BCUT2D eigenvalue weighted by molar-refractivity contribution is 0.0814. The van der Waals surface area contributed by atoms with Crippen LogP contribution in [-0.2, 0) is 19.4 Å². The lowest BCUT2D eigenvalue weighted by Crippen LogP contribution is -2.17. The maximum atomic E-state index is 13.1. The Labute approximate surface area is 155 Å². The second kappa shape index (κ2) is 6.46. The fourth-order valence-corrected chi connectivity index (χ4v) is 3.68. The number of benzene rings is 2. The number of fused-ring (bicyclic) bond motifs is 2. The maximum Gasteiger partial charge on any atom is 0.258 e. The van der Waals surface area contributed by atoms with Crippen LogP contribution in [0.4, 0.5) is 4.39 Å². The lowest BCUT2D eigenvalue weighted by atomic mass is 9.93. The zero-order valence-corrected chi connectivity index (χ0v) is 14.8.